The van der Waals surface area contributed by atoms with Crippen molar-refractivity contribution in [3.63, 3.8) is 0 Å². The van der Waals surface area contributed by atoms with Crippen LogP contribution in [-0.4, -0.2) is 15.5 Å². The first-order valence-electron chi connectivity index (χ1n) is 7.57. The summed E-state index contributed by atoms with van der Waals surface area (Å²) in [7, 11) is 0. The van der Waals surface area contributed by atoms with E-state index in [1.807, 2.05) is 38.1 Å². The molecule has 0 aliphatic carbocycles. The molecule has 1 aromatic carbocycles. The number of anilines is 1. The number of nitrogens with zero attached hydrogens (tertiary/aromatic N) is 2. The maximum atomic E-state index is 12.1. The molecule has 1 amide bonds. The summed E-state index contributed by atoms with van der Waals surface area (Å²) < 4.78 is 1.32. The highest BCUT2D eigenvalue weighted by Gasteiger charge is 2.08. The van der Waals surface area contributed by atoms with Crippen LogP contribution in [-0.2, 0) is 24.2 Å². The van der Waals surface area contributed by atoms with Crippen molar-refractivity contribution in [2.75, 3.05) is 5.32 Å². The molecule has 1 aromatic heterocycles. The molecular formula is C17H21N3O2. The third-order valence-electron chi connectivity index (χ3n) is 3.43. The van der Waals surface area contributed by atoms with Crippen LogP contribution in [0.3, 0.4) is 0 Å². The molecule has 2 aromatic rings. The van der Waals surface area contributed by atoms with E-state index < -0.39 is 0 Å². The van der Waals surface area contributed by atoms with Gasteiger partial charge in [-0.2, -0.15) is 0 Å². The number of carbonyl (C=O) groups excluding carboxylic acids is 1. The molecule has 0 atom stereocenters. The van der Waals surface area contributed by atoms with Crippen LogP contribution in [0.5, 0.6) is 0 Å². The number of aromatic nitrogens is 2. The van der Waals surface area contributed by atoms with E-state index in [0.29, 0.717) is 0 Å². The lowest BCUT2D eigenvalue weighted by molar-refractivity contribution is -0.116. The van der Waals surface area contributed by atoms with Gasteiger partial charge in [0.2, 0.25) is 5.91 Å². The van der Waals surface area contributed by atoms with E-state index in [4.69, 9.17) is 0 Å². The zero-order valence-corrected chi connectivity index (χ0v) is 13.0. The molecule has 1 N–H and O–H groups in total. The van der Waals surface area contributed by atoms with E-state index in [2.05, 4.69) is 10.3 Å². The first-order chi connectivity index (χ1) is 10.6. The lowest BCUT2D eigenvalue weighted by Crippen LogP contribution is -2.28. The van der Waals surface area contributed by atoms with Crippen molar-refractivity contribution >= 4 is 11.6 Å². The number of para-hydroxylation sites is 1. The van der Waals surface area contributed by atoms with Gasteiger partial charge in [-0.15, -0.1) is 0 Å². The Morgan fingerprint density at radius 3 is 2.73 bits per heavy atom. The highest BCUT2D eigenvalue weighted by Crippen LogP contribution is 2.15. The highest BCUT2D eigenvalue weighted by atomic mass is 16.2. The Hall–Kier alpha value is -2.43. The van der Waals surface area contributed by atoms with Crippen LogP contribution in [0, 0.1) is 0 Å². The Bertz CT molecular complexity index is 707. The Balaban J connectivity index is 2.07. The van der Waals surface area contributed by atoms with Crippen LogP contribution in [0.4, 0.5) is 5.69 Å². The number of hydrogen-bond donors (Lipinski definition) is 1. The molecule has 2 rings (SSSR count). The predicted molar refractivity (Wildman–Crippen MR) is 86.9 cm³/mol. The molecule has 0 radical (unpaired) electrons. The van der Waals surface area contributed by atoms with Crippen LogP contribution in [0.2, 0.25) is 0 Å². The van der Waals surface area contributed by atoms with Crippen LogP contribution < -0.4 is 10.9 Å². The van der Waals surface area contributed by atoms with Crippen molar-refractivity contribution in [1.29, 1.82) is 0 Å². The van der Waals surface area contributed by atoms with Gasteiger partial charge in [0.15, 0.2) is 0 Å². The van der Waals surface area contributed by atoms with E-state index >= 15 is 0 Å². The van der Waals surface area contributed by atoms with Gasteiger partial charge in [-0.3, -0.25) is 14.2 Å². The second-order valence-corrected chi connectivity index (χ2v) is 5.16. The summed E-state index contributed by atoms with van der Waals surface area (Å²) in [4.78, 5) is 28.3. The summed E-state index contributed by atoms with van der Waals surface area (Å²) in [6.07, 6.45) is 3.99. The molecule has 0 saturated heterocycles. The zero-order valence-electron chi connectivity index (χ0n) is 13.0. The maximum Gasteiger partial charge on any atom is 0.253 e. The molecule has 1 heterocycles. The van der Waals surface area contributed by atoms with Gasteiger partial charge in [-0.25, -0.2) is 4.98 Å². The standard InChI is InChI=1S/C17H21N3O2/c1-3-7-14-10-17(22)20(12-18-14)11-16(21)19-15-9-6-5-8-13(15)4-2/h5-6,8-10,12H,3-4,7,11H2,1-2H3,(H,19,21). The molecule has 0 spiro atoms. The Kier molecular flexibility index (Phi) is 5.47. The van der Waals surface area contributed by atoms with Crippen LogP contribution in [0.1, 0.15) is 31.5 Å². The molecule has 0 saturated carbocycles. The monoisotopic (exact) mass is 299 g/mol. The van der Waals surface area contributed by atoms with Crippen molar-refractivity contribution in [2.45, 2.75) is 39.7 Å². The molecule has 5 heteroatoms. The van der Waals surface area contributed by atoms with Crippen molar-refractivity contribution < 1.29 is 4.79 Å². The molecule has 0 aliphatic heterocycles. The number of carbonyl (C=O) groups is 1. The number of nitrogens with one attached hydrogen (secondary N) is 1. The highest BCUT2D eigenvalue weighted by molar-refractivity contribution is 5.91. The minimum Gasteiger partial charge on any atom is -0.324 e. The maximum absolute atomic E-state index is 12.1. The van der Waals surface area contributed by atoms with E-state index in [1.165, 1.54) is 17.0 Å². The van der Waals surface area contributed by atoms with Gasteiger partial charge in [0, 0.05) is 17.4 Å². The van der Waals surface area contributed by atoms with Gasteiger partial charge in [-0.1, -0.05) is 38.5 Å². The van der Waals surface area contributed by atoms with Gasteiger partial charge in [0.05, 0.1) is 6.33 Å². The van der Waals surface area contributed by atoms with E-state index in [0.717, 1.165) is 36.2 Å². The summed E-state index contributed by atoms with van der Waals surface area (Å²) >= 11 is 0. The second kappa shape index (κ2) is 7.54. The fourth-order valence-electron chi connectivity index (χ4n) is 2.27. The van der Waals surface area contributed by atoms with Crippen LogP contribution >= 0.6 is 0 Å². The number of hydrogen-bond acceptors (Lipinski definition) is 3. The van der Waals surface area contributed by atoms with Gasteiger partial charge in [0.1, 0.15) is 6.54 Å². The topological polar surface area (TPSA) is 64.0 Å². The first-order valence-corrected chi connectivity index (χ1v) is 7.57. The molecular weight excluding hydrogens is 278 g/mol. The number of benzene rings is 1. The molecule has 0 aliphatic rings. The van der Waals surface area contributed by atoms with Crippen molar-refractivity contribution in [1.82, 2.24) is 9.55 Å². The SMILES string of the molecule is CCCc1cc(=O)n(CC(=O)Nc2ccccc2CC)cn1. The summed E-state index contributed by atoms with van der Waals surface area (Å²) in [5, 5.41) is 2.85. The Labute approximate surface area is 130 Å². The summed E-state index contributed by atoms with van der Waals surface area (Å²) in [5.41, 5.74) is 2.43. The smallest absolute Gasteiger partial charge is 0.253 e. The molecule has 22 heavy (non-hydrogen) atoms. The Morgan fingerprint density at radius 2 is 2.05 bits per heavy atom. The number of aryl methyl sites for hydroxylation is 2. The van der Waals surface area contributed by atoms with Crippen molar-refractivity contribution in [2.24, 2.45) is 0 Å². The third-order valence-corrected chi connectivity index (χ3v) is 3.43. The fraction of sp³-hybridized carbons (Fsp3) is 0.353. The second-order valence-electron chi connectivity index (χ2n) is 5.16. The lowest BCUT2D eigenvalue weighted by Gasteiger charge is -2.10. The minimum atomic E-state index is -0.229. The molecule has 0 bridgehead atoms. The Morgan fingerprint density at radius 1 is 1.27 bits per heavy atom. The predicted octanol–water partition coefficient (Wildman–Crippen LogP) is 2.40. The van der Waals surface area contributed by atoms with Crippen LogP contribution in [0.15, 0.2) is 41.5 Å². The van der Waals surface area contributed by atoms with E-state index in [-0.39, 0.29) is 18.0 Å². The fourth-order valence-corrected chi connectivity index (χ4v) is 2.27. The molecule has 0 unspecified atom stereocenters. The van der Waals surface area contributed by atoms with E-state index in [9.17, 15) is 9.59 Å². The van der Waals surface area contributed by atoms with Gasteiger partial charge in [0.25, 0.3) is 5.56 Å². The van der Waals surface area contributed by atoms with Crippen molar-refractivity contribution in [3.05, 3.63) is 58.3 Å². The quantitative estimate of drug-likeness (QED) is 0.891. The average Bonchev–Trinajstić information content (AvgIpc) is 2.51. The average molecular weight is 299 g/mol. The summed E-state index contributed by atoms with van der Waals surface area (Å²) in [6.45, 7) is 4.04. The van der Waals surface area contributed by atoms with Crippen LogP contribution in [0.25, 0.3) is 0 Å². The zero-order chi connectivity index (χ0) is 15.9. The number of rotatable bonds is 6. The van der Waals surface area contributed by atoms with Crippen molar-refractivity contribution in [3.8, 4) is 0 Å². The third kappa shape index (κ3) is 4.04. The van der Waals surface area contributed by atoms with E-state index in [1.54, 1.807) is 0 Å². The summed E-state index contributed by atoms with van der Waals surface area (Å²) in [6, 6.07) is 9.15. The largest absolute Gasteiger partial charge is 0.324 e. The molecule has 116 valence electrons. The molecule has 5 nitrogen and oxygen atoms in total. The van der Waals surface area contributed by atoms with Gasteiger partial charge in [-0.05, 0) is 24.5 Å². The lowest BCUT2D eigenvalue weighted by atomic mass is 10.1. The molecule has 0 fully saturated rings. The minimum absolute atomic E-state index is 0.0315. The normalized spacial score (nSPS) is 10.5. The summed E-state index contributed by atoms with van der Waals surface area (Å²) in [5.74, 6) is -0.229. The number of amides is 1. The van der Waals surface area contributed by atoms with Gasteiger partial charge < -0.3 is 5.32 Å². The first kappa shape index (κ1) is 15.9. The van der Waals surface area contributed by atoms with Gasteiger partial charge >= 0.3 is 0 Å².